The lowest BCUT2D eigenvalue weighted by Gasteiger charge is -2.38. The summed E-state index contributed by atoms with van der Waals surface area (Å²) in [7, 11) is 1.48. The van der Waals surface area contributed by atoms with Gasteiger partial charge in [-0.25, -0.2) is 4.79 Å². The first-order valence-corrected chi connectivity index (χ1v) is 8.34. The topological polar surface area (TPSA) is 137 Å². The van der Waals surface area contributed by atoms with Crippen LogP contribution in [0.3, 0.4) is 0 Å². The van der Waals surface area contributed by atoms with E-state index in [0.717, 1.165) is 5.39 Å². The molecular formula is C19H20O8. The molecule has 1 aliphatic rings. The molecule has 3 rings (SSSR count). The van der Waals surface area contributed by atoms with Gasteiger partial charge in [0, 0.05) is 17.4 Å². The molecule has 4 N–H and O–H groups in total. The highest BCUT2D eigenvalue weighted by molar-refractivity contribution is 5.97. The van der Waals surface area contributed by atoms with Crippen LogP contribution in [0.25, 0.3) is 17.0 Å². The number of carboxylic acids is 1. The number of hydrogen-bond acceptors (Lipinski definition) is 7. The molecule has 2 aromatic rings. The maximum atomic E-state index is 12.5. The third-order valence-electron chi connectivity index (χ3n) is 4.91. The number of aliphatic carboxylic acids is 1. The first-order chi connectivity index (χ1) is 12.7. The van der Waals surface area contributed by atoms with Gasteiger partial charge in [0.05, 0.1) is 31.5 Å². The molecule has 0 spiro atoms. The molecule has 1 aromatic carbocycles. The molecule has 144 valence electrons. The number of allylic oxidation sites excluding steroid dienone is 1. The van der Waals surface area contributed by atoms with Crippen LogP contribution in [-0.4, -0.2) is 57.1 Å². The van der Waals surface area contributed by atoms with Crippen molar-refractivity contribution in [1.82, 2.24) is 0 Å². The van der Waals surface area contributed by atoms with Gasteiger partial charge in [-0.2, -0.15) is 0 Å². The van der Waals surface area contributed by atoms with Crippen molar-refractivity contribution in [3.8, 4) is 5.75 Å². The van der Waals surface area contributed by atoms with Crippen LogP contribution >= 0.6 is 0 Å². The maximum absolute atomic E-state index is 12.5. The fourth-order valence-electron chi connectivity index (χ4n) is 3.35. The number of furan rings is 1. The number of benzene rings is 1. The van der Waals surface area contributed by atoms with Gasteiger partial charge in [-0.3, -0.25) is 4.79 Å². The van der Waals surface area contributed by atoms with Crippen LogP contribution in [0.4, 0.5) is 0 Å². The van der Waals surface area contributed by atoms with Gasteiger partial charge in [-0.1, -0.05) is 0 Å². The molecule has 0 saturated heterocycles. The number of carbonyl (C=O) groups is 2. The molecule has 0 unspecified atom stereocenters. The Kier molecular flexibility index (Phi) is 5.05. The Labute approximate surface area is 154 Å². The molecule has 1 fully saturated rings. The van der Waals surface area contributed by atoms with Crippen LogP contribution in [0.5, 0.6) is 5.75 Å². The van der Waals surface area contributed by atoms with Crippen LogP contribution in [0.1, 0.15) is 18.4 Å². The van der Waals surface area contributed by atoms with Crippen molar-refractivity contribution >= 4 is 28.8 Å². The summed E-state index contributed by atoms with van der Waals surface area (Å²) in [5, 5.41) is 40.1. The lowest BCUT2D eigenvalue weighted by atomic mass is 9.73. The number of rotatable bonds is 5. The molecule has 1 aromatic heterocycles. The van der Waals surface area contributed by atoms with E-state index < -0.39 is 48.3 Å². The number of hydrogen-bond donors (Lipinski definition) is 4. The second kappa shape index (κ2) is 7.15. The third kappa shape index (κ3) is 3.59. The van der Waals surface area contributed by atoms with Crippen molar-refractivity contribution in [3.05, 3.63) is 36.1 Å². The summed E-state index contributed by atoms with van der Waals surface area (Å²) in [4.78, 5) is 23.8. The first kappa shape index (κ1) is 19.1. The molecule has 0 amide bonds. The van der Waals surface area contributed by atoms with E-state index in [2.05, 4.69) is 0 Å². The van der Waals surface area contributed by atoms with E-state index in [-0.39, 0.29) is 0 Å². The van der Waals surface area contributed by atoms with Crippen LogP contribution < -0.4 is 4.74 Å². The highest BCUT2D eigenvalue weighted by Crippen LogP contribution is 2.35. The number of ketones is 1. The fourth-order valence-corrected chi connectivity index (χ4v) is 3.35. The summed E-state index contributed by atoms with van der Waals surface area (Å²) in [6, 6.07) is 5.19. The molecule has 0 radical (unpaired) electrons. The average Bonchev–Trinajstić information content (AvgIpc) is 3.08. The smallest absolute Gasteiger partial charge is 0.335 e. The fraction of sp³-hybridized carbons (Fsp3) is 0.368. The summed E-state index contributed by atoms with van der Waals surface area (Å²) >= 11 is 0. The van der Waals surface area contributed by atoms with Gasteiger partial charge in [0.25, 0.3) is 0 Å². The van der Waals surface area contributed by atoms with Crippen molar-refractivity contribution in [2.24, 2.45) is 5.92 Å². The second-order valence-corrected chi connectivity index (χ2v) is 6.70. The molecule has 8 nitrogen and oxygen atoms in total. The average molecular weight is 376 g/mol. The molecule has 1 heterocycles. The Bertz CT molecular complexity index is 898. The Balaban J connectivity index is 1.86. The van der Waals surface area contributed by atoms with E-state index in [0.29, 0.717) is 16.9 Å². The molecule has 4 atom stereocenters. The molecule has 1 aliphatic carbocycles. The SMILES string of the molecule is COc1cc2ccoc2cc1/C=C/C(=O)[C@@H]1C[C@](O)(C(=O)O)C[C@@H](O)[C@H]1O. The number of methoxy groups -OCH3 is 1. The summed E-state index contributed by atoms with van der Waals surface area (Å²) in [5.74, 6) is -2.90. The summed E-state index contributed by atoms with van der Waals surface area (Å²) < 4.78 is 10.6. The minimum Gasteiger partial charge on any atom is -0.496 e. The van der Waals surface area contributed by atoms with Gasteiger partial charge in [0.2, 0.25) is 0 Å². The Hall–Kier alpha value is -2.68. The van der Waals surface area contributed by atoms with Crippen LogP contribution in [0.2, 0.25) is 0 Å². The molecule has 1 saturated carbocycles. The highest BCUT2D eigenvalue weighted by Gasteiger charge is 2.50. The normalized spacial score (nSPS) is 28.5. The molecule has 8 heteroatoms. The summed E-state index contributed by atoms with van der Waals surface area (Å²) in [5.41, 5.74) is -1.12. The van der Waals surface area contributed by atoms with E-state index in [4.69, 9.17) is 14.3 Å². The molecule has 27 heavy (non-hydrogen) atoms. The number of aliphatic hydroxyl groups excluding tert-OH is 2. The summed E-state index contributed by atoms with van der Waals surface area (Å²) in [6.07, 6.45) is 0.137. The van der Waals surface area contributed by atoms with E-state index in [1.54, 1.807) is 18.2 Å². The number of ether oxygens (including phenoxy) is 1. The van der Waals surface area contributed by atoms with Crippen molar-refractivity contribution < 1.29 is 39.2 Å². The highest BCUT2D eigenvalue weighted by atomic mass is 16.5. The standard InChI is InChI=1S/C19H20O8/c1-26-15-6-11-4-5-27-16(11)7-10(15)2-3-13(20)12-8-19(25,18(23)24)9-14(21)17(12)22/h2-7,12,14,17,21-22,25H,8-9H2,1H3,(H,23,24)/b3-2+/t12-,14+,17-,19+/m0/s1. The third-order valence-corrected chi connectivity index (χ3v) is 4.91. The van der Waals surface area contributed by atoms with Gasteiger partial charge in [-0.05, 0) is 36.8 Å². The van der Waals surface area contributed by atoms with Gasteiger partial charge < -0.3 is 29.6 Å². The molecular weight excluding hydrogens is 356 g/mol. The zero-order chi connectivity index (χ0) is 19.8. The molecule has 0 aliphatic heterocycles. The zero-order valence-corrected chi connectivity index (χ0v) is 14.5. The minimum atomic E-state index is -2.27. The van der Waals surface area contributed by atoms with E-state index in [9.17, 15) is 24.9 Å². The van der Waals surface area contributed by atoms with Crippen LogP contribution in [-0.2, 0) is 9.59 Å². The molecule has 0 bridgehead atoms. The van der Waals surface area contributed by atoms with Crippen LogP contribution in [0, 0.1) is 5.92 Å². The van der Waals surface area contributed by atoms with Gasteiger partial charge >= 0.3 is 5.97 Å². The Morgan fingerprint density at radius 3 is 2.70 bits per heavy atom. The predicted molar refractivity (Wildman–Crippen MR) is 94.1 cm³/mol. The summed E-state index contributed by atoms with van der Waals surface area (Å²) in [6.45, 7) is 0. The first-order valence-electron chi connectivity index (χ1n) is 8.34. The van der Waals surface area contributed by atoms with Gasteiger partial charge in [0.1, 0.15) is 11.3 Å². The van der Waals surface area contributed by atoms with Crippen molar-refractivity contribution in [2.45, 2.75) is 30.7 Å². The van der Waals surface area contributed by atoms with Crippen molar-refractivity contribution in [2.75, 3.05) is 7.11 Å². The lowest BCUT2D eigenvalue weighted by molar-refractivity contribution is -0.179. The van der Waals surface area contributed by atoms with E-state index in [1.165, 1.54) is 25.5 Å². The second-order valence-electron chi connectivity index (χ2n) is 6.70. The Morgan fingerprint density at radius 2 is 2.04 bits per heavy atom. The number of fused-ring (bicyclic) bond motifs is 1. The zero-order valence-electron chi connectivity index (χ0n) is 14.5. The van der Waals surface area contributed by atoms with Crippen LogP contribution in [0.15, 0.2) is 35.0 Å². The van der Waals surface area contributed by atoms with E-state index >= 15 is 0 Å². The van der Waals surface area contributed by atoms with Crippen molar-refractivity contribution in [1.29, 1.82) is 0 Å². The number of carbonyl (C=O) groups excluding carboxylic acids is 1. The van der Waals surface area contributed by atoms with E-state index in [1.807, 2.05) is 0 Å². The number of carboxylic acid groups (broad SMARTS) is 1. The maximum Gasteiger partial charge on any atom is 0.335 e. The predicted octanol–water partition coefficient (Wildman–Crippen LogP) is 0.971. The number of aliphatic hydroxyl groups is 3. The minimum absolute atomic E-state index is 0.488. The van der Waals surface area contributed by atoms with Crippen molar-refractivity contribution in [3.63, 3.8) is 0 Å². The largest absolute Gasteiger partial charge is 0.496 e. The quantitative estimate of drug-likeness (QED) is 0.567. The Morgan fingerprint density at radius 1 is 1.30 bits per heavy atom. The monoisotopic (exact) mass is 376 g/mol. The van der Waals surface area contributed by atoms with Gasteiger partial charge in [0.15, 0.2) is 11.4 Å². The van der Waals surface area contributed by atoms with Gasteiger partial charge in [-0.15, -0.1) is 0 Å². The lowest BCUT2D eigenvalue weighted by Crippen LogP contribution is -2.55.